The number of halogens is 3. The van der Waals surface area contributed by atoms with Gasteiger partial charge in [-0.15, -0.1) is 35.3 Å². The van der Waals surface area contributed by atoms with Crippen LogP contribution < -0.4 is 5.32 Å². The van der Waals surface area contributed by atoms with E-state index in [1.54, 1.807) is 24.5 Å². The van der Waals surface area contributed by atoms with Crippen molar-refractivity contribution in [2.24, 2.45) is 4.99 Å². The first kappa shape index (κ1) is 23.9. The quantitative estimate of drug-likeness (QED) is 0.355. The minimum Gasteiger partial charge on any atom is -0.351 e. The van der Waals surface area contributed by atoms with Crippen LogP contribution >= 0.6 is 35.3 Å². The van der Waals surface area contributed by atoms with Crippen molar-refractivity contribution in [3.63, 3.8) is 0 Å². The van der Waals surface area contributed by atoms with E-state index in [-0.39, 0.29) is 30.0 Å². The van der Waals surface area contributed by atoms with E-state index in [9.17, 15) is 8.78 Å². The van der Waals surface area contributed by atoms with Crippen LogP contribution in [0.5, 0.6) is 0 Å². The second-order valence-electron chi connectivity index (χ2n) is 6.86. The standard InChI is InChI=1S/C20H27F2N5S.HI/c1-4-19(17-6-5-15(21)11-18(17)22)26-7-9-27(10-8-26)20(23-3)25-13-16-12-24-14(2)28-16;/h5-6,11-12,19H,4,7-10,13H2,1-3H3,(H,23,25);1H. The molecule has 0 bridgehead atoms. The number of aliphatic imine (C=N–C) groups is 1. The fraction of sp³-hybridized carbons (Fsp3) is 0.500. The number of nitrogens with one attached hydrogen (secondary N) is 1. The van der Waals surface area contributed by atoms with Gasteiger partial charge in [-0.2, -0.15) is 0 Å². The van der Waals surface area contributed by atoms with Gasteiger partial charge in [0.25, 0.3) is 0 Å². The second kappa shape index (κ2) is 11.2. The molecule has 1 atom stereocenters. The summed E-state index contributed by atoms with van der Waals surface area (Å²) in [5.74, 6) is -0.134. The van der Waals surface area contributed by atoms with Crippen LogP contribution in [0.4, 0.5) is 8.78 Å². The van der Waals surface area contributed by atoms with Gasteiger partial charge in [0.15, 0.2) is 5.96 Å². The van der Waals surface area contributed by atoms with Gasteiger partial charge in [0.1, 0.15) is 11.6 Å². The molecule has 0 amide bonds. The number of nitrogens with zero attached hydrogens (tertiary/aromatic N) is 4. The van der Waals surface area contributed by atoms with Gasteiger partial charge in [0, 0.05) is 62.0 Å². The highest BCUT2D eigenvalue weighted by Crippen LogP contribution is 2.28. The first-order valence-electron chi connectivity index (χ1n) is 9.57. The van der Waals surface area contributed by atoms with Gasteiger partial charge in [0.05, 0.1) is 11.6 Å². The van der Waals surface area contributed by atoms with Crippen LogP contribution in [-0.4, -0.2) is 54.0 Å². The molecule has 1 saturated heterocycles. The summed E-state index contributed by atoms with van der Waals surface area (Å²) in [6, 6.07) is 3.84. The smallest absolute Gasteiger partial charge is 0.194 e. The Morgan fingerprint density at radius 1 is 1.28 bits per heavy atom. The van der Waals surface area contributed by atoms with Gasteiger partial charge in [-0.1, -0.05) is 13.0 Å². The predicted molar refractivity (Wildman–Crippen MR) is 125 cm³/mol. The molecule has 9 heteroatoms. The maximum Gasteiger partial charge on any atom is 0.194 e. The molecule has 160 valence electrons. The lowest BCUT2D eigenvalue weighted by Gasteiger charge is -2.40. The molecule has 1 aliphatic heterocycles. The summed E-state index contributed by atoms with van der Waals surface area (Å²) in [6.45, 7) is 7.96. The Morgan fingerprint density at radius 2 is 2.00 bits per heavy atom. The Hall–Kier alpha value is -1.33. The molecule has 0 saturated carbocycles. The zero-order valence-electron chi connectivity index (χ0n) is 17.0. The fourth-order valence-corrected chi connectivity index (χ4v) is 4.41. The summed E-state index contributed by atoms with van der Waals surface area (Å²) < 4.78 is 27.5. The highest BCUT2D eigenvalue weighted by molar-refractivity contribution is 14.0. The Kier molecular flexibility index (Phi) is 9.22. The van der Waals surface area contributed by atoms with Gasteiger partial charge in [-0.3, -0.25) is 9.89 Å². The molecule has 0 aliphatic carbocycles. The maximum atomic E-state index is 14.3. The van der Waals surface area contributed by atoms with E-state index in [0.29, 0.717) is 12.1 Å². The van der Waals surface area contributed by atoms with Crippen LogP contribution in [0.2, 0.25) is 0 Å². The highest BCUT2D eigenvalue weighted by atomic mass is 127. The largest absolute Gasteiger partial charge is 0.351 e. The summed E-state index contributed by atoms with van der Waals surface area (Å²) in [6.07, 6.45) is 2.67. The maximum absolute atomic E-state index is 14.3. The number of rotatable bonds is 5. The van der Waals surface area contributed by atoms with Crippen LogP contribution in [-0.2, 0) is 6.54 Å². The molecule has 2 aromatic rings. The van der Waals surface area contributed by atoms with Crippen molar-refractivity contribution in [2.45, 2.75) is 32.9 Å². The van der Waals surface area contributed by atoms with Gasteiger partial charge in [-0.25, -0.2) is 13.8 Å². The number of benzene rings is 1. The zero-order chi connectivity index (χ0) is 20.1. The van der Waals surface area contributed by atoms with E-state index in [1.165, 1.54) is 10.9 Å². The minimum absolute atomic E-state index is 0. The molecule has 1 aromatic carbocycles. The van der Waals surface area contributed by atoms with E-state index in [0.717, 1.165) is 49.6 Å². The number of aryl methyl sites for hydroxylation is 1. The van der Waals surface area contributed by atoms with Gasteiger partial charge < -0.3 is 10.2 Å². The molecule has 5 nitrogen and oxygen atoms in total. The summed E-state index contributed by atoms with van der Waals surface area (Å²) in [5.41, 5.74) is 0.570. The van der Waals surface area contributed by atoms with Crippen molar-refractivity contribution < 1.29 is 8.78 Å². The second-order valence-corrected chi connectivity index (χ2v) is 8.18. The van der Waals surface area contributed by atoms with Crippen molar-refractivity contribution in [2.75, 3.05) is 33.2 Å². The van der Waals surface area contributed by atoms with E-state index >= 15 is 0 Å². The average molecular weight is 535 g/mol. The van der Waals surface area contributed by atoms with Gasteiger partial charge in [0.2, 0.25) is 0 Å². The van der Waals surface area contributed by atoms with Gasteiger partial charge in [-0.05, 0) is 19.4 Å². The third kappa shape index (κ3) is 6.08. The first-order valence-corrected chi connectivity index (χ1v) is 10.4. The number of thiazole rings is 1. The molecule has 2 heterocycles. The SMILES string of the molecule is CCC(c1ccc(F)cc1F)N1CCN(C(=NC)NCc2cnc(C)s2)CC1.I. The molecular weight excluding hydrogens is 507 g/mol. The molecule has 1 N–H and O–H groups in total. The summed E-state index contributed by atoms with van der Waals surface area (Å²) >= 11 is 1.68. The summed E-state index contributed by atoms with van der Waals surface area (Å²) in [7, 11) is 1.79. The van der Waals surface area contributed by atoms with Crippen molar-refractivity contribution in [3.05, 3.63) is 51.5 Å². The number of aromatic nitrogens is 1. The van der Waals surface area contributed by atoms with Crippen LogP contribution in [0.3, 0.4) is 0 Å². The minimum atomic E-state index is -0.535. The molecule has 0 radical (unpaired) electrons. The fourth-order valence-electron chi connectivity index (χ4n) is 3.68. The normalized spacial score (nSPS) is 16.4. The molecule has 29 heavy (non-hydrogen) atoms. The number of hydrogen-bond donors (Lipinski definition) is 1. The molecule has 1 fully saturated rings. The Morgan fingerprint density at radius 3 is 2.55 bits per heavy atom. The molecule has 3 rings (SSSR count). The van der Waals surface area contributed by atoms with E-state index < -0.39 is 11.6 Å². The van der Waals surface area contributed by atoms with Crippen LogP contribution in [0.25, 0.3) is 0 Å². The molecule has 1 aliphatic rings. The van der Waals surface area contributed by atoms with Crippen molar-refractivity contribution >= 4 is 41.3 Å². The van der Waals surface area contributed by atoms with Crippen molar-refractivity contribution in [1.82, 2.24) is 20.1 Å². The number of piperazine rings is 1. The lowest BCUT2D eigenvalue weighted by Crippen LogP contribution is -2.53. The first-order chi connectivity index (χ1) is 13.5. The van der Waals surface area contributed by atoms with Gasteiger partial charge >= 0.3 is 0 Å². The molecule has 1 unspecified atom stereocenters. The monoisotopic (exact) mass is 535 g/mol. The number of hydrogen-bond acceptors (Lipinski definition) is 4. The Labute approximate surface area is 192 Å². The lowest BCUT2D eigenvalue weighted by molar-refractivity contribution is 0.124. The Bertz CT molecular complexity index is 821. The third-order valence-corrected chi connectivity index (χ3v) is 5.98. The van der Waals surface area contributed by atoms with Crippen LogP contribution in [0, 0.1) is 18.6 Å². The van der Waals surface area contributed by atoms with Crippen molar-refractivity contribution in [3.8, 4) is 0 Å². The van der Waals surface area contributed by atoms with E-state index in [1.807, 2.05) is 20.0 Å². The lowest BCUT2D eigenvalue weighted by atomic mass is 10.0. The predicted octanol–water partition coefficient (Wildman–Crippen LogP) is 4.19. The summed E-state index contributed by atoms with van der Waals surface area (Å²) in [5, 5.41) is 4.45. The third-order valence-electron chi connectivity index (χ3n) is 5.06. The van der Waals surface area contributed by atoms with Crippen LogP contribution in [0.15, 0.2) is 29.4 Å². The molecule has 1 aromatic heterocycles. The van der Waals surface area contributed by atoms with E-state index in [4.69, 9.17) is 0 Å². The topological polar surface area (TPSA) is 43.8 Å². The van der Waals surface area contributed by atoms with Crippen molar-refractivity contribution in [1.29, 1.82) is 0 Å². The highest BCUT2D eigenvalue weighted by Gasteiger charge is 2.27. The molecular formula is C20H28F2IN5S. The number of guanidine groups is 1. The Balaban J connectivity index is 0.00000300. The molecule has 0 spiro atoms. The zero-order valence-corrected chi connectivity index (χ0v) is 20.1. The van der Waals surface area contributed by atoms with E-state index in [2.05, 4.69) is 25.1 Å². The summed E-state index contributed by atoms with van der Waals surface area (Å²) in [4.78, 5) is 14.3. The average Bonchev–Trinajstić information content (AvgIpc) is 3.11. The van der Waals surface area contributed by atoms with Crippen LogP contribution in [0.1, 0.15) is 34.8 Å².